The SMILES string of the molecule is O=C(O)C1CCC(C(=O)NCCC2CCCC2)CC1. The van der Waals surface area contributed by atoms with Crippen LogP contribution in [0.15, 0.2) is 0 Å². The molecule has 0 radical (unpaired) electrons. The van der Waals surface area contributed by atoms with Crippen LogP contribution in [0.2, 0.25) is 0 Å². The predicted molar refractivity (Wildman–Crippen MR) is 72.7 cm³/mol. The first-order chi connectivity index (χ1) is 9.16. The number of carbonyl (C=O) groups is 2. The van der Waals surface area contributed by atoms with Gasteiger partial charge in [0.2, 0.25) is 5.91 Å². The monoisotopic (exact) mass is 267 g/mol. The summed E-state index contributed by atoms with van der Waals surface area (Å²) in [6.45, 7) is 0.794. The molecule has 0 spiro atoms. The Morgan fingerprint density at radius 2 is 1.53 bits per heavy atom. The second kappa shape index (κ2) is 6.92. The van der Waals surface area contributed by atoms with Gasteiger partial charge in [0.1, 0.15) is 0 Å². The van der Waals surface area contributed by atoms with Gasteiger partial charge in [0.15, 0.2) is 0 Å². The van der Waals surface area contributed by atoms with Gasteiger partial charge in [-0.05, 0) is 38.0 Å². The first kappa shape index (κ1) is 14.4. The molecule has 2 saturated carbocycles. The van der Waals surface area contributed by atoms with E-state index in [4.69, 9.17) is 5.11 Å². The Labute approximate surface area is 115 Å². The molecule has 2 rings (SSSR count). The highest BCUT2D eigenvalue weighted by Gasteiger charge is 2.29. The molecule has 0 bridgehead atoms. The van der Waals surface area contributed by atoms with Crippen LogP contribution in [0, 0.1) is 17.8 Å². The van der Waals surface area contributed by atoms with Crippen LogP contribution in [0.5, 0.6) is 0 Å². The van der Waals surface area contributed by atoms with Crippen LogP contribution in [-0.4, -0.2) is 23.5 Å². The normalized spacial score (nSPS) is 28.2. The molecular formula is C15H25NO3. The zero-order valence-corrected chi connectivity index (χ0v) is 11.6. The molecule has 108 valence electrons. The van der Waals surface area contributed by atoms with Gasteiger partial charge < -0.3 is 10.4 Å². The molecule has 0 aromatic carbocycles. The molecule has 2 aliphatic rings. The molecule has 2 aliphatic carbocycles. The number of hydrogen-bond donors (Lipinski definition) is 2. The van der Waals surface area contributed by atoms with E-state index in [1.54, 1.807) is 0 Å². The molecule has 4 nitrogen and oxygen atoms in total. The summed E-state index contributed by atoms with van der Waals surface area (Å²) in [6, 6.07) is 0. The van der Waals surface area contributed by atoms with Crippen molar-refractivity contribution in [2.45, 2.75) is 57.8 Å². The highest BCUT2D eigenvalue weighted by atomic mass is 16.4. The third-order valence-corrected chi connectivity index (χ3v) is 4.77. The lowest BCUT2D eigenvalue weighted by Crippen LogP contribution is -2.35. The maximum Gasteiger partial charge on any atom is 0.306 e. The van der Waals surface area contributed by atoms with Crippen molar-refractivity contribution >= 4 is 11.9 Å². The summed E-state index contributed by atoms with van der Waals surface area (Å²) in [6.07, 6.45) is 9.19. The molecule has 0 aliphatic heterocycles. The van der Waals surface area contributed by atoms with Gasteiger partial charge in [-0.3, -0.25) is 9.59 Å². The number of carboxylic acids is 1. The van der Waals surface area contributed by atoms with Crippen molar-refractivity contribution in [3.63, 3.8) is 0 Å². The van der Waals surface area contributed by atoms with Gasteiger partial charge in [-0.25, -0.2) is 0 Å². The predicted octanol–water partition coefficient (Wildman–Crippen LogP) is 2.57. The van der Waals surface area contributed by atoms with Crippen LogP contribution in [-0.2, 0) is 9.59 Å². The van der Waals surface area contributed by atoms with Gasteiger partial charge in [-0.15, -0.1) is 0 Å². The first-order valence-corrected chi connectivity index (χ1v) is 7.67. The summed E-state index contributed by atoms with van der Waals surface area (Å²) in [5.41, 5.74) is 0. The number of aliphatic carboxylic acids is 1. The lowest BCUT2D eigenvalue weighted by molar-refractivity contribution is -0.144. The number of carboxylic acid groups (broad SMARTS) is 1. The minimum absolute atomic E-state index is 0.0409. The van der Waals surface area contributed by atoms with Crippen LogP contribution in [0.25, 0.3) is 0 Å². The van der Waals surface area contributed by atoms with Crippen LogP contribution in [0.4, 0.5) is 0 Å². The van der Waals surface area contributed by atoms with Gasteiger partial charge in [0, 0.05) is 12.5 Å². The average molecular weight is 267 g/mol. The van der Waals surface area contributed by atoms with E-state index in [-0.39, 0.29) is 17.7 Å². The van der Waals surface area contributed by atoms with Crippen LogP contribution < -0.4 is 5.32 Å². The topological polar surface area (TPSA) is 66.4 Å². The van der Waals surface area contributed by atoms with E-state index in [2.05, 4.69) is 5.32 Å². The van der Waals surface area contributed by atoms with Crippen molar-refractivity contribution in [2.24, 2.45) is 17.8 Å². The van der Waals surface area contributed by atoms with Gasteiger partial charge in [-0.2, -0.15) is 0 Å². The molecule has 4 heteroatoms. The third-order valence-electron chi connectivity index (χ3n) is 4.77. The number of amides is 1. The zero-order valence-electron chi connectivity index (χ0n) is 11.6. The number of nitrogens with one attached hydrogen (secondary N) is 1. The quantitative estimate of drug-likeness (QED) is 0.804. The van der Waals surface area contributed by atoms with Crippen LogP contribution in [0.3, 0.4) is 0 Å². The fourth-order valence-corrected chi connectivity index (χ4v) is 3.45. The zero-order chi connectivity index (χ0) is 13.7. The average Bonchev–Trinajstić information content (AvgIpc) is 2.92. The highest BCUT2D eigenvalue weighted by molar-refractivity contribution is 5.79. The lowest BCUT2D eigenvalue weighted by Gasteiger charge is -2.25. The fraction of sp³-hybridized carbons (Fsp3) is 0.867. The Balaban J connectivity index is 1.62. The maximum absolute atomic E-state index is 12.0. The summed E-state index contributed by atoms with van der Waals surface area (Å²) >= 11 is 0. The number of carbonyl (C=O) groups excluding carboxylic acids is 1. The van der Waals surface area contributed by atoms with E-state index in [0.29, 0.717) is 12.8 Å². The number of hydrogen-bond acceptors (Lipinski definition) is 2. The Kier molecular flexibility index (Phi) is 5.23. The van der Waals surface area contributed by atoms with Gasteiger partial charge in [-0.1, -0.05) is 25.7 Å². The van der Waals surface area contributed by atoms with Gasteiger partial charge >= 0.3 is 5.97 Å². The third kappa shape index (κ3) is 4.22. The summed E-state index contributed by atoms with van der Waals surface area (Å²) in [4.78, 5) is 22.8. The molecule has 0 atom stereocenters. The molecule has 0 aromatic heterocycles. The largest absolute Gasteiger partial charge is 0.481 e. The minimum Gasteiger partial charge on any atom is -0.481 e. The van der Waals surface area contributed by atoms with Crippen molar-refractivity contribution < 1.29 is 14.7 Å². The Bertz CT molecular complexity index is 315. The molecule has 0 saturated heterocycles. The van der Waals surface area contributed by atoms with E-state index in [0.717, 1.165) is 31.7 Å². The first-order valence-electron chi connectivity index (χ1n) is 7.67. The molecule has 2 fully saturated rings. The molecule has 19 heavy (non-hydrogen) atoms. The minimum atomic E-state index is -0.708. The highest BCUT2D eigenvalue weighted by Crippen LogP contribution is 2.29. The van der Waals surface area contributed by atoms with E-state index in [1.807, 2.05) is 0 Å². The maximum atomic E-state index is 12.0. The Morgan fingerprint density at radius 3 is 2.11 bits per heavy atom. The van der Waals surface area contributed by atoms with Crippen molar-refractivity contribution in [1.29, 1.82) is 0 Å². The van der Waals surface area contributed by atoms with Crippen molar-refractivity contribution in [1.82, 2.24) is 5.32 Å². The Hall–Kier alpha value is -1.06. The molecule has 0 unspecified atom stereocenters. The Morgan fingerprint density at radius 1 is 0.947 bits per heavy atom. The van der Waals surface area contributed by atoms with Crippen LogP contribution in [0.1, 0.15) is 57.8 Å². The summed E-state index contributed by atoms with van der Waals surface area (Å²) in [7, 11) is 0. The summed E-state index contributed by atoms with van der Waals surface area (Å²) in [5.74, 6) is 0.0479. The van der Waals surface area contributed by atoms with Crippen molar-refractivity contribution in [2.75, 3.05) is 6.54 Å². The van der Waals surface area contributed by atoms with Gasteiger partial charge in [0.05, 0.1) is 5.92 Å². The van der Waals surface area contributed by atoms with E-state index < -0.39 is 5.97 Å². The summed E-state index contributed by atoms with van der Waals surface area (Å²) < 4.78 is 0. The van der Waals surface area contributed by atoms with Crippen LogP contribution >= 0.6 is 0 Å². The van der Waals surface area contributed by atoms with Gasteiger partial charge in [0.25, 0.3) is 0 Å². The molecular weight excluding hydrogens is 242 g/mol. The second-order valence-electron chi connectivity index (χ2n) is 6.12. The molecule has 0 heterocycles. The number of rotatable bonds is 5. The summed E-state index contributed by atoms with van der Waals surface area (Å²) in [5, 5.41) is 12.0. The van der Waals surface area contributed by atoms with E-state index >= 15 is 0 Å². The second-order valence-corrected chi connectivity index (χ2v) is 6.12. The van der Waals surface area contributed by atoms with Crippen molar-refractivity contribution in [3.05, 3.63) is 0 Å². The molecule has 1 amide bonds. The molecule has 0 aromatic rings. The van der Waals surface area contributed by atoms with Crippen molar-refractivity contribution in [3.8, 4) is 0 Å². The standard InChI is InChI=1S/C15H25NO3/c17-14(16-10-9-11-3-1-2-4-11)12-5-7-13(8-6-12)15(18)19/h11-13H,1-10H2,(H,16,17)(H,18,19). The van der Waals surface area contributed by atoms with E-state index in [1.165, 1.54) is 25.7 Å². The smallest absolute Gasteiger partial charge is 0.306 e. The fourth-order valence-electron chi connectivity index (χ4n) is 3.45. The molecule has 2 N–H and O–H groups in total. The lowest BCUT2D eigenvalue weighted by atomic mass is 9.81. The van der Waals surface area contributed by atoms with E-state index in [9.17, 15) is 9.59 Å².